The van der Waals surface area contributed by atoms with Crippen LogP contribution in [0.1, 0.15) is 44.7 Å². The van der Waals surface area contributed by atoms with Crippen LogP contribution in [0, 0.1) is 30.1 Å². The van der Waals surface area contributed by atoms with Gasteiger partial charge in [-0.1, -0.05) is 17.7 Å². The smallest absolute Gasteiger partial charge is 0.253 e. The van der Waals surface area contributed by atoms with Crippen molar-refractivity contribution < 1.29 is 29.7 Å². The van der Waals surface area contributed by atoms with E-state index in [1.807, 2.05) is 31.2 Å². The number of nitrogens with zero attached hydrogens (tertiary/aromatic N) is 1. The minimum Gasteiger partial charge on any atom is -0.511 e. The maximum absolute atomic E-state index is 14.0. The Bertz CT molecular complexity index is 1520. The summed E-state index contributed by atoms with van der Waals surface area (Å²) in [5.74, 6) is -4.46. The number of nitrogens with one attached hydrogen (secondary N) is 1. The molecule has 0 heterocycles. The third-order valence-corrected chi connectivity index (χ3v) is 8.76. The van der Waals surface area contributed by atoms with Crippen LogP contribution in [-0.2, 0) is 11.2 Å². The average Bonchev–Trinajstić information content (AvgIpc) is 2.84. The molecule has 0 aliphatic heterocycles. The van der Waals surface area contributed by atoms with Gasteiger partial charge in [0.05, 0.1) is 28.3 Å². The summed E-state index contributed by atoms with van der Waals surface area (Å²) in [6.07, 6.45) is 0.742. The zero-order valence-electron chi connectivity index (χ0n) is 21.7. The summed E-state index contributed by atoms with van der Waals surface area (Å²) in [4.78, 5) is 41.6. The van der Waals surface area contributed by atoms with E-state index in [2.05, 4.69) is 0 Å². The second kappa shape index (κ2) is 9.60. The summed E-state index contributed by atoms with van der Waals surface area (Å²) < 4.78 is 0. The summed E-state index contributed by atoms with van der Waals surface area (Å²) in [7, 11) is 3.57. The molecule has 3 aliphatic carbocycles. The summed E-state index contributed by atoms with van der Waals surface area (Å²) in [6, 6.07) is 8.97. The largest absolute Gasteiger partial charge is 0.511 e. The fraction of sp³-hybridized carbons (Fsp3) is 0.310. The summed E-state index contributed by atoms with van der Waals surface area (Å²) in [6.45, 7) is 1.94. The maximum Gasteiger partial charge on any atom is 0.253 e. The Kier molecular flexibility index (Phi) is 6.54. The number of carbonyl (C=O) groups excluding carboxylic acids is 3. The Morgan fingerprint density at radius 3 is 2.38 bits per heavy atom. The fourth-order valence-corrected chi connectivity index (χ4v) is 6.82. The van der Waals surface area contributed by atoms with Gasteiger partial charge in [0, 0.05) is 36.7 Å². The fourth-order valence-electron chi connectivity index (χ4n) is 6.07. The van der Waals surface area contributed by atoms with Gasteiger partial charge in [-0.25, -0.2) is 0 Å². The molecule has 3 atom stereocenters. The number of hydrogen-bond acceptors (Lipinski definition) is 9. The quantitative estimate of drug-likeness (QED) is 0.355. The van der Waals surface area contributed by atoms with Crippen LogP contribution in [0.2, 0.25) is 0 Å². The number of amides is 1. The van der Waals surface area contributed by atoms with E-state index in [0.717, 1.165) is 17.3 Å². The van der Waals surface area contributed by atoms with Crippen molar-refractivity contribution in [2.24, 2.45) is 23.5 Å². The summed E-state index contributed by atoms with van der Waals surface area (Å²) in [5, 5.41) is 41.1. The number of aryl methyl sites for hydroxylation is 1. The average molecular weight is 548 g/mol. The Labute approximate surface area is 229 Å². The molecule has 0 fully saturated rings. The highest BCUT2D eigenvalue weighted by Gasteiger charge is 2.49. The number of rotatable bonds is 4. The maximum atomic E-state index is 14.0. The molecule has 0 radical (unpaired) electrons. The Morgan fingerprint density at radius 1 is 1.10 bits per heavy atom. The molecule has 1 amide bonds. The molecule has 10 heteroatoms. The molecule has 39 heavy (non-hydrogen) atoms. The number of anilines is 1. The van der Waals surface area contributed by atoms with E-state index in [-0.39, 0.29) is 45.9 Å². The molecule has 0 saturated heterocycles. The number of phenolic OH excluding ortho intramolecular Hbond substituents is 1. The lowest BCUT2D eigenvalue weighted by atomic mass is 9.62. The van der Waals surface area contributed by atoms with Crippen LogP contribution in [0.25, 0.3) is 0 Å². The molecule has 1 unspecified atom stereocenters. The zero-order chi connectivity index (χ0) is 28.3. The van der Waals surface area contributed by atoms with E-state index >= 15 is 0 Å². The number of aliphatic hydroxyl groups excluding tert-OH is 2. The van der Waals surface area contributed by atoms with Crippen LogP contribution in [0.3, 0.4) is 0 Å². The van der Waals surface area contributed by atoms with Crippen LogP contribution in [0.15, 0.2) is 57.9 Å². The van der Waals surface area contributed by atoms with Gasteiger partial charge in [0.2, 0.25) is 5.12 Å². The standard InChI is InChI=1S/C29H29N3O6S/c1-12-4-6-15(7-5-12)39-29(38)17-11-18(32(2)3)16-9-13-8-14-10-19(33)23(28(31)37)24(30)20(14)26(35)21(13)27(36)22(16)25(17)34/h4-7,11,13-14,20,30,33-35H,8-10H2,1-3H3,(H2,31,37)/t13-,14+,20?/m1/s1. The van der Waals surface area contributed by atoms with E-state index in [1.165, 1.54) is 0 Å². The molecule has 3 aliphatic rings. The number of allylic oxidation sites excluding steroid dienone is 3. The molecular formula is C29H29N3O6S. The third-order valence-electron chi connectivity index (χ3n) is 7.85. The number of primary amides is 1. The lowest BCUT2D eigenvalue weighted by Gasteiger charge is -2.42. The Morgan fingerprint density at radius 2 is 1.77 bits per heavy atom. The number of phenols is 1. The van der Waals surface area contributed by atoms with Crippen molar-refractivity contribution in [2.45, 2.75) is 31.1 Å². The number of nitrogens with two attached hydrogens (primary N) is 1. The van der Waals surface area contributed by atoms with Crippen molar-refractivity contribution in [1.29, 1.82) is 5.41 Å². The van der Waals surface area contributed by atoms with Crippen molar-refractivity contribution in [2.75, 3.05) is 19.0 Å². The number of hydrogen-bond donors (Lipinski definition) is 5. The molecule has 202 valence electrons. The van der Waals surface area contributed by atoms with Gasteiger partial charge in [-0.2, -0.15) is 0 Å². The number of Topliss-reactive ketones (excluding diaryl/α,β-unsaturated/α-hetero) is 1. The SMILES string of the molecule is Cc1ccc(SC(=O)c2cc(N(C)C)c3c(c2O)C(=O)C2=C(O)C4C(=N)C(C(N)=O)=C(O)C[C@@H]4C[C@@H]2C3)cc1. The molecule has 0 saturated carbocycles. The predicted molar refractivity (Wildman–Crippen MR) is 148 cm³/mol. The second-order valence-electron chi connectivity index (χ2n) is 10.5. The highest BCUT2D eigenvalue weighted by Crippen LogP contribution is 2.51. The molecular weight excluding hydrogens is 518 g/mol. The van der Waals surface area contributed by atoms with Crippen LogP contribution in [-0.4, -0.2) is 51.9 Å². The Balaban J connectivity index is 1.61. The first-order chi connectivity index (χ1) is 18.4. The number of carbonyl (C=O) groups is 3. The van der Waals surface area contributed by atoms with Gasteiger partial charge in [0.15, 0.2) is 5.78 Å². The molecule has 9 nitrogen and oxygen atoms in total. The number of ketones is 1. The van der Waals surface area contributed by atoms with Crippen molar-refractivity contribution >= 4 is 40.0 Å². The molecule has 6 N–H and O–H groups in total. The molecule has 5 rings (SSSR count). The van der Waals surface area contributed by atoms with Gasteiger partial charge < -0.3 is 31.4 Å². The van der Waals surface area contributed by atoms with E-state index in [0.29, 0.717) is 29.0 Å². The summed E-state index contributed by atoms with van der Waals surface area (Å²) in [5.41, 5.74) is 6.94. The van der Waals surface area contributed by atoms with Crippen LogP contribution in [0.5, 0.6) is 5.75 Å². The first-order valence-electron chi connectivity index (χ1n) is 12.5. The van der Waals surface area contributed by atoms with Crippen LogP contribution >= 0.6 is 11.8 Å². The molecule has 0 spiro atoms. The molecule has 2 aromatic rings. The van der Waals surface area contributed by atoms with Crippen molar-refractivity contribution in [1.82, 2.24) is 0 Å². The zero-order valence-corrected chi connectivity index (χ0v) is 22.6. The molecule has 0 bridgehead atoms. The van der Waals surface area contributed by atoms with Crippen molar-refractivity contribution in [3.8, 4) is 5.75 Å². The van der Waals surface area contributed by atoms with E-state index < -0.39 is 40.3 Å². The number of thioether (sulfide) groups is 1. The number of fused-ring (bicyclic) bond motifs is 3. The van der Waals surface area contributed by atoms with Crippen molar-refractivity contribution in [3.05, 3.63) is 75.3 Å². The van der Waals surface area contributed by atoms with Crippen LogP contribution in [0.4, 0.5) is 5.69 Å². The number of aromatic hydroxyl groups is 1. The highest BCUT2D eigenvalue weighted by atomic mass is 32.2. The van der Waals surface area contributed by atoms with Gasteiger partial charge in [-0.05, 0) is 67.1 Å². The summed E-state index contributed by atoms with van der Waals surface area (Å²) >= 11 is 0.943. The van der Waals surface area contributed by atoms with Gasteiger partial charge >= 0.3 is 0 Å². The number of aliphatic hydroxyl groups is 2. The topological polar surface area (TPSA) is 165 Å². The third kappa shape index (κ3) is 4.28. The van der Waals surface area contributed by atoms with Gasteiger partial charge in [0.1, 0.15) is 17.3 Å². The van der Waals surface area contributed by atoms with Gasteiger partial charge in [-0.3, -0.25) is 14.4 Å². The van der Waals surface area contributed by atoms with Crippen molar-refractivity contribution in [3.63, 3.8) is 0 Å². The minimum absolute atomic E-state index is 0.0159. The predicted octanol–water partition coefficient (Wildman–Crippen LogP) is 4.22. The van der Waals surface area contributed by atoms with E-state index in [1.54, 1.807) is 25.1 Å². The van der Waals surface area contributed by atoms with E-state index in [9.17, 15) is 29.7 Å². The van der Waals surface area contributed by atoms with Crippen LogP contribution < -0.4 is 10.6 Å². The first-order valence-corrected chi connectivity index (χ1v) is 13.4. The Hall–Kier alpha value is -4.05. The van der Waals surface area contributed by atoms with Gasteiger partial charge in [0.25, 0.3) is 5.91 Å². The van der Waals surface area contributed by atoms with Gasteiger partial charge in [-0.15, -0.1) is 0 Å². The minimum atomic E-state index is -0.975. The lowest BCUT2D eigenvalue weighted by Crippen LogP contribution is -2.43. The molecule has 0 aromatic heterocycles. The number of benzene rings is 2. The normalized spacial score (nSPS) is 22.3. The lowest BCUT2D eigenvalue weighted by molar-refractivity contribution is -0.114. The second-order valence-corrected chi connectivity index (χ2v) is 11.6. The monoisotopic (exact) mass is 547 g/mol. The molecule has 2 aromatic carbocycles. The first kappa shape index (κ1) is 26.6. The van der Waals surface area contributed by atoms with E-state index in [4.69, 9.17) is 11.1 Å². The highest BCUT2D eigenvalue weighted by molar-refractivity contribution is 8.14.